The van der Waals surface area contributed by atoms with E-state index in [2.05, 4.69) is 17.2 Å². The van der Waals surface area contributed by atoms with Gasteiger partial charge in [-0.25, -0.2) is 9.37 Å². The lowest BCUT2D eigenvalue weighted by atomic mass is 10.0. The van der Waals surface area contributed by atoms with Gasteiger partial charge in [0.1, 0.15) is 11.0 Å². The average Bonchev–Trinajstić information content (AvgIpc) is 2.40. The van der Waals surface area contributed by atoms with Gasteiger partial charge in [-0.2, -0.15) is 0 Å². The lowest BCUT2D eigenvalue weighted by molar-refractivity contribution is 0.621. The molecule has 1 unspecified atom stereocenters. The number of hydrogen-bond donors (Lipinski definition) is 1. The van der Waals surface area contributed by atoms with Crippen LogP contribution in [0.15, 0.2) is 36.5 Å². The monoisotopic (exact) mass is 278 g/mol. The Labute approximate surface area is 117 Å². The van der Waals surface area contributed by atoms with Crippen molar-refractivity contribution in [2.75, 3.05) is 5.32 Å². The van der Waals surface area contributed by atoms with E-state index in [0.29, 0.717) is 5.15 Å². The summed E-state index contributed by atoms with van der Waals surface area (Å²) in [4.78, 5) is 4.11. The van der Waals surface area contributed by atoms with Gasteiger partial charge in [0.15, 0.2) is 0 Å². The molecule has 0 saturated carbocycles. The summed E-state index contributed by atoms with van der Waals surface area (Å²) in [5.41, 5.74) is 2.73. The summed E-state index contributed by atoms with van der Waals surface area (Å²) in [5.74, 6) is -0.219. The van der Waals surface area contributed by atoms with Crippen molar-refractivity contribution >= 4 is 17.3 Å². The Kier molecular flexibility index (Phi) is 4.38. The minimum absolute atomic E-state index is 0.0538. The molecule has 0 radical (unpaired) electrons. The van der Waals surface area contributed by atoms with Crippen LogP contribution in [0.25, 0.3) is 0 Å². The molecule has 0 aliphatic rings. The standard InChI is InChI=1S/C15H16ClFN2/c1-3-14(11-5-4-6-12(17)8-11)19-13-7-10(2)15(16)18-9-13/h4-9,14,19H,3H2,1-2H3. The lowest BCUT2D eigenvalue weighted by Crippen LogP contribution is -2.10. The molecular weight excluding hydrogens is 263 g/mol. The van der Waals surface area contributed by atoms with Crippen LogP contribution in [0.2, 0.25) is 5.15 Å². The van der Waals surface area contributed by atoms with Crippen molar-refractivity contribution in [1.82, 2.24) is 4.98 Å². The molecule has 0 bridgehead atoms. The molecule has 2 nitrogen and oxygen atoms in total. The number of aromatic nitrogens is 1. The van der Waals surface area contributed by atoms with Crippen LogP contribution in [0.5, 0.6) is 0 Å². The zero-order valence-electron chi connectivity index (χ0n) is 11.0. The highest BCUT2D eigenvalue weighted by Gasteiger charge is 2.10. The second-order valence-corrected chi connectivity index (χ2v) is 4.85. The fraction of sp³-hybridized carbons (Fsp3) is 0.267. The quantitative estimate of drug-likeness (QED) is 0.817. The molecule has 0 aliphatic heterocycles. The van der Waals surface area contributed by atoms with E-state index in [9.17, 15) is 4.39 Å². The number of hydrogen-bond acceptors (Lipinski definition) is 2. The molecule has 0 amide bonds. The summed E-state index contributed by atoms with van der Waals surface area (Å²) in [6, 6.07) is 8.64. The Bertz CT molecular complexity index is 572. The lowest BCUT2D eigenvalue weighted by Gasteiger charge is -2.19. The molecule has 1 heterocycles. The maximum Gasteiger partial charge on any atom is 0.132 e. The largest absolute Gasteiger partial charge is 0.377 e. The molecule has 100 valence electrons. The van der Waals surface area contributed by atoms with Gasteiger partial charge in [-0.3, -0.25) is 0 Å². The van der Waals surface area contributed by atoms with E-state index in [-0.39, 0.29) is 11.9 Å². The van der Waals surface area contributed by atoms with Crippen LogP contribution in [0, 0.1) is 12.7 Å². The van der Waals surface area contributed by atoms with Crippen LogP contribution in [-0.4, -0.2) is 4.98 Å². The van der Waals surface area contributed by atoms with Gasteiger partial charge in [-0.05, 0) is 42.7 Å². The Morgan fingerprint density at radius 1 is 1.37 bits per heavy atom. The smallest absolute Gasteiger partial charge is 0.132 e. The third-order valence-electron chi connectivity index (χ3n) is 3.01. The van der Waals surface area contributed by atoms with E-state index < -0.39 is 0 Å². The van der Waals surface area contributed by atoms with Gasteiger partial charge in [0.05, 0.1) is 17.9 Å². The summed E-state index contributed by atoms with van der Waals surface area (Å²) in [7, 11) is 0. The first kappa shape index (κ1) is 13.8. The zero-order valence-corrected chi connectivity index (χ0v) is 11.7. The maximum atomic E-state index is 13.3. The first-order chi connectivity index (χ1) is 9.10. The molecule has 1 atom stereocenters. The van der Waals surface area contributed by atoms with Crippen LogP contribution in [0.4, 0.5) is 10.1 Å². The molecule has 0 spiro atoms. The summed E-state index contributed by atoms with van der Waals surface area (Å²) < 4.78 is 13.3. The number of halogens is 2. The first-order valence-corrected chi connectivity index (χ1v) is 6.62. The Balaban J connectivity index is 2.21. The van der Waals surface area contributed by atoms with Gasteiger partial charge >= 0.3 is 0 Å². The van der Waals surface area contributed by atoms with E-state index >= 15 is 0 Å². The van der Waals surface area contributed by atoms with Gasteiger partial charge in [0.25, 0.3) is 0 Å². The molecule has 4 heteroatoms. The van der Waals surface area contributed by atoms with Crippen molar-refractivity contribution < 1.29 is 4.39 Å². The van der Waals surface area contributed by atoms with Crippen LogP contribution in [0.3, 0.4) is 0 Å². The minimum atomic E-state index is -0.219. The second kappa shape index (κ2) is 6.02. The number of nitrogens with zero attached hydrogens (tertiary/aromatic N) is 1. The van der Waals surface area contributed by atoms with Crippen molar-refractivity contribution in [2.24, 2.45) is 0 Å². The fourth-order valence-electron chi connectivity index (χ4n) is 1.98. The van der Waals surface area contributed by atoms with E-state index in [1.54, 1.807) is 18.3 Å². The molecule has 2 rings (SSSR count). The number of pyridine rings is 1. The Morgan fingerprint density at radius 3 is 2.79 bits per heavy atom. The van der Waals surface area contributed by atoms with Crippen LogP contribution in [-0.2, 0) is 0 Å². The normalized spacial score (nSPS) is 12.2. The number of rotatable bonds is 4. The number of aryl methyl sites for hydroxylation is 1. The van der Waals surface area contributed by atoms with Gasteiger partial charge < -0.3 is 5.32 Å². The van der Waals surface area contributed by atoms with Crippen molar-refractivity contribution in [2.45, 2.75) is 26.3 Å². The summed E-state index contributed by atoms with van der Waals surface area (Å²) >= 11 is 5.90. The highest BCUT2D eigenvalue weighted by Crippen LogP contribution is 2.24. The molecule has 0 fully saturated rings. The van der Waals surface area contributed by atoms with Crippen molar-refractivity contribution in [1.29, 1.82) is 0 Å². The molecule has 1 aromatic carbocycles. The number of anilines is 1. The highest BCUT2D eigenvalue weighted by atomic mass is 35.5. The van der Waals surface area contributed by atoms with Gasteiger partial charge in [-0.1, -0.05) is 30.7 Å². The maximum absolute atomic E-state index is 13.3. The van der Waals surface area contributed by atoms with Crippen LogP contribution < -0.4 is 5.32 Å². The van der Waals surface area contributed by atoms with Crippen LogP contribution in [0.1, 0.15) is 30.5 Å². The van der Waals surface area contributed by atoms with Gasteiger partial charge in [-0.15, -0.1) is 0 Å². The topological polar surface area (TPSA) is 24.9 Å². The second-order valence-electron chi connectivity index (χ2n) is 4.49. The Hall–Kier alpha value is -1.61. The summed E-state index contributed by atoms with van der Waals surface area (Å²) in [6.07, 6.45) is 2.54. The van der Waals surface area contributed by atoms with Crippen molar-refractivity contribution in [3.8, 4) is 0 Å². The number of nitrogens with one attached hydrogen (secondary N) is 1. The van der Waals surface area contributed by atoms with E-state index in [0.717, 1.165) is 23.2 Å². The first-order valence-electron chi connectivity index (χ1n) is 6.24. The molecule has 19 heavy (non-hydrogen) atoms. The van der Waals surface area contributed by atoms with E-state index in [1.165, 1.54) is 6.07 Å². The molecule has 0 aliphatic carbocycles. The van der Waals surface area contributed by atoms with Gasteiger partial charge in [0.2, 0.25) is 0 Å². The molecule has 1 aromatic heterocycles. The molecular formula is C15H16ClFN2. The highest BCUT2D eigenvalue weighted by molar-refractivity contribution is 6.30. The van der Waals surface area contributed by atoms with E-state index in [4.69, 9.17) is 11.6 Å². The minimum Gasteiger partial charge on any atom is -0.377 e. The predicted octanol–water partition coefficient (Wildman–Crippen LogP) is 4.75. The summed E-state index contributed by atoms with van der Waals surface area (Å²) in [5, 5.41) is 3.86. The SMILES string of the molecule is CCC(Nc1cnc(Cl)c(C)c1)c1cccc(F)c1. The van der Waals surface area contributed by atoms with Crippen LogP contribution >= 0.6 is 11.6 Å². The predicted molar refractivity (Wildman–Crippen MR) is 77.0 cm³/mol. The molecule has 2 aromatic rings. The number of benzene rings is 1. The fourth-order valence-corrected chi connectivity index (χ4v) is 2.09. The average molecular weight is 279 g/mol. The van der Waals surface area contributed by atoms with Crippen molar-refractivity contribution in [3.05, 3.63) is 58.6 Å². The zero-order chi connectivity index (χ0) is 13.8. The van der Waals surface area contributed by atoms with E-state index in [1.807, 2.05) is 19.1 Å². The molecule has 0 saturated heterocycles. The molecule has 1 N–H and O–H groups in total. The summed E-state index contributed by atoms with van der Waals surface area (Å²) in [6.45, 7) is 3.96. The van der Waals surface area contributed by atoms with Crippen molar-refractivity contribution in [3.63, 3.8) is 0 Å². The van der Waals surface area contributed by atoms with Gasteiger partial charge in [0, 0.05) is 0 Å². The third-order valence-corrected chi connectivity index (χ3v) is 3.41. The Morgan fingerprint density at radius 2 is 2.16 bits per heavy atom. The third kappa shape index (κ3) is 3.44.